The van der Waals surface area contributed by atoms with Crippen LogP contribution in [0.5, 0.6) is 0 Å². The predicted octanol–water partition coefficient (Wildman–Crippen LogP) is 2.01. The minimum atomic E-state index is -1.02. The third kappa shape index (κ3) is 3.96. The van der Waals surface area contributed by atoms with Crippen LogP contribution in [0.4, 0.5) is 0 Å². The van der Waals surface area contributed by atoms with Crippen molar-refractivity contribution in [3.8, 4) is 0 Å². The molecule has 104 valence electrons. The van der Waals surface area contributed by atoms with Gasteiger partial charge in [-0.3, -0.25) is 4.79 Å². The zero-order valence-corrected chi connectivity index (χ0v) is 12.3. The molecule has 1 rings (SSSR count). The summed E-state index contributed by atoms with van der Waals surface area (Å²) >= 11 is 1.17. The first-order valence-corrected chi connectivity index (χ1v) is 6.90. The van der Waals surface area contributed by atoms with Gasteiger partial charge in [0.25, 0.3) is 0 Å². The number of carbonyl (C=O) groups excluding carboxylic acids is 1. The van der Waals surface area contributed by atoms with E-state index in [0.717, 1.165) is 5.69 Å². The number of carboxylic acids is 1. The third-order valence-corrected chi connectivity index (χ3v) is 3.62. The van der Waals surface area contributed by atoms with E-state index in [1.165, 1.54) is 11.8 Å². The van der Waals surface area contributed by atoms with Gasteiger partial charge in [0, 0.05) is 12.2 Å². The van der Waals surface area contributed by atoms with Gasteiger partial charge in [0.1, 0.15) is 5.03 Å². The van der Waals surface area contributed by atoms with Crippen LogP contribution < -0.4 is 5.32 Å². The van der Waals surface area contributed by atoms with Crippen LogP contribution in [0.15, 0.2) is 11.1 Å². The Morgan fingerprint density at radius 3 is 2.63 bits per heavy atom. The molecule has 1 amide bonds. The molecule has 0 saturated heterocycles. The maximum absolute atomic E-state index is 11.7. The molecule has 0 bridgehead atoms. The van der Waals surface area contributed by atoms with Crippen molar-refractivity contribution in [3.05, 3.63) is 22.9 Å². The number of nitrogens with zero attached hydrogens (tertiary/aromatic N) is 1. The second kappa shape index (κ2) is 6.56. The molecule has 5 nitrogen and oxygen atoms in total. The summed E-state index contributed by atoms with van der Waals surface area (Å²) in [4.78, 5) is 27.2. The summed E-state index contributed by atoms with van der Waals surface area (Å²) in [5, 5.41) is 12.0. The van der Waals surface area contributed by atoms with Gasteiger partial charge in [0.05, 0.1) is 10.8 Å². The van der Waals surface area contributed by atoms with E-state index in [4.69, 9.17) is 0 Å². The Labute approximate surface area is 116 Å². The van der Waals surface area contributed by atoms with Crippen molar-refractivity contribution in [2.45, 2.75) is 38.0 Å². The lowest BCUT2D eigenvalue weighted by molar-refractivity contribution is -0.120. The highest BCUT2D eigenvalue weighted by molar-refractivity contribution is 8.00. The zero-order valence-electron chi connectivity index (χ0n) is 11.5. The molecule has 1 heterocycles. The number of aromatic nitrogens is 1. The van der Waals surface area contributed by atoms with Crippen LogP contribution >= 0.6 is 11.8 Å². The highest BCUT2D eigenvalue weighted by Crippen LogP contribution is 2.27. The zero-order chi connectivity index (χ0) is 14.6. The van der Waals surface area contributed by atoms with Crippen molar-refractivity contribution < 1.29 is 14.7 Å². The molecular weight excluding hydrogens is 264 g/mol. The van der Waals surface area contributed by atoms with E-state index in [0.29, 0.717) is 17.1 Å². The summed E-state index contributed by atoms with van der Waals surface area (Å²) in [6.45, 7) is 7.67. The SMILES string of the molecule is CCNC(=O)C(C)Sc1nc(C)cc(C)c1C(=O)O. The number of carboxylic acid groups (broad SMARTS) is 1. The largest absolute Gasteiger partial charge is 0.478 e. The highest BCUT2D eigenvalue weighted by atomic mass is 32.2. The number of thioether (sulfide) groups is 1. The summed E-state index contributed by atoms with van der Waals surface area (Å²) in [5.74, 6) is -1.14. The van der Waals surface area contributed by atoms with Crippen LogP contribution in [0.2, 0.25) is 0 Å². The van der Waals surface area contributed by atoms with Crippen molar-refractivity contribution in [1.82, 2.24) is 10.3 Å². The van der Waals surface area contributed by atoms with E-state index in [9.17, 15) is 14.7 Å². The Kier molecular flexibility index (Phi) is 5.35. The molecule has 0 spiro atoms. The maximum Gasteiger partial charge on any atom is 0.338 e. The predicted molar refractivity (Wildman–Crippen MR) is 74.7 cm³/mol. The standard InChI is InChI=1S/C13H18N2O3S/c1-5-14-11(16)9(4)19-12-10(13(17)18)7(2)6-8(3)15-12/h6,9H,5H2,1-4H3,(H,14,16)(H,17,18). The summed E-state index contributed by atoms with van der Waals surface area (Å²) < 4.78 is 0. The summed E-state index contributed by atoms with van der Waals surface area (Å²) in [6, 6.07) is 1.73. The lowest BCUT2D eigenvalue weighted by atomic mass is 10.1. The van der Waals surface area contributed by atoms with Gasteiger partial charge in [0.15, 0.2) is 0 Å². The molecule has 1 aromatic rings. The minimum absolute atomic E-state index is 0.121. The van der Waals surface area contributed by atoms with Crippen molar-refractivity contribution in [1.29, 1.82) is 0 Å². The van der Waals surface area contributed by atoms with Crippen LogP contribution in [0, 0.1) is 13.8 Å². The summed E-state index contributed by atoms with van der Waals surface area (Å²) in [6.07, 6.45) is 0. The highest BCUT2D eigenvalue weighted by Gasteiger charge is 2.21. The topological polar surface area (TPSA) is 79.3 Å². The second-order valence-corrected chi connectivity index (χ2v) is 5.55. The first kappa shape index (κ1) is 15.5. The lowest BCUT2D eigenvalue weighted by Gasteiger charge is -2.13. The number of pyridine rings is 1. The molecule has 0 aromatic carbocycles. The quantitative estimate of drug-likeness (QED) is 0.808. The molecule has 0 aliphatic rings. The van der Waals surface area contributed by atoms with E-state index in [-0.39, 0.29) is 16.7 Å². The van der Waals surface area contributed by atoms with Gasteiger partial charge in [0.2, 0.25) is 5.91 Å². The Bertz CT molecular complexity index is 503. The van der Waals surface area contributed by atoms with E-state index in [1.54, 1.807) is 26.8 Å². The Morgan fingerprint density at radius 1 is 1.47 bits per heavy atom. The van der Waals surface area contributed by atoms with Crippen molar-refractivity contribution in [2.24, 2.45) is 0 Å². The Hall–Kier alpha value is -1.56. The van der Waals surface area contributed by atoms with Crippen LogP contribution in [0.25, 0.3) is 0 Å². The van der Waals surface area contributed by atoms with Crippen LogP contribution in [-0.2, 0) is 4.79 Å². The molecule has 2 N–H and O–H groups in total. The van der Waals surface area contributed by atoms with E-state index in [1.807, 2.05) is 6.92 Å². The molecule has 19 heavy (non-hydrogen) atoms. The summed E-state index contributed by atoms with van der Waals surface area (Å²) in [5.41, 5.74) is 1.57. The number of rotatable bonds is 5. The molecule has 0 aliphatic carbocycles. The van der Waals surface area contributed by atoms with E-state index in [2.05, 4.69) is 10.3 Å². The number of carbonyl (C=O) groups is 2. The van der Waals surface area contributed by atoms with Gasteiger partial charge < -0.3 is 10.4 Å². The molecule has 0 saturated carbocycles. The van der Waals surface area contributed by atoms with Gasteiger partial charge in [-0.1, -0.05) is 11.8 Å². The molecule has 1 unspecified atom stereocenters. The number of amides is 1. The monoisotopic (exact) mass is 282 g/mol. The smallest absolute Gasteiger partial charge is 0.338 e. The van der Waals surface area contributed by atoms with Crippen LogP contribution in [-0.4, -0.2) is 33.8 Å². The molecule has 0 fully saturated rings. The fraction of sp³-hybridized carbons (Fsp3) is 0.462. The fourth-order valence-corrected chi connectivity index (χ4v) is 2.77. The molecule has 0 radical (unpaired) electrons. The van der Waals surface area contributed by atoms with Crippen molar-refractivity contribution in [3.63, 3.8) is 0 Å². The van der Waals surface area contributed by atoms with E-state index >= 15 is 0 Å². The second-order valence-electron chi connectivity index (χ2n) is 4.22. The van der Waals surface area contributed by atoms with E-state index < -0.39 is 5.97 Å². The molecule has 6 heteroatoms. The number of aryl methyl sites for hydroxylation is 2. The fourth-order valence-electron chi connectivity index (χ4n) is 1.69. The van der Waals surface area contributed by atoms with Crippen molar-refractivity contribution in [2.75, 3.05) is 6.54 Å². The van der Waals surface area contributed by atoms with Crippen molar-refractivity contribution >= 4 is 23.6 Å². The average Bonchev–Trinajstić information content (AvgIpc) is 2.27. The normalized spacial score (nSPS) is 12.0. The lowest BCUT2D eigenvalue weighted by Crippen LogP contribution is -2.30. The van der Waals surface area contributed by atoms with Gasteiger partial charge in [-0.25, -0.2) is 9.78 Å². The van der Waals surface area contributed by atoms with Gasteiger partial charge in [-0.2, -0.15) is 0 Å². The van der Waals surface area contributed by atoms with Crippen LogP contribution in [0.1, 0.15) is 35.5 Å². The number of nitrogens with one attached hydrogen (secondary N) is 1. The van der Waals surface area contributed by atoms with Crippen LogP contribution in [0.3, 0.4) is 0 Å². The molecule has 1 aromatic heterocycles. The third-order valence-electron chi connectivity index (χ3n) is 2.53. The van der Waals surface area contributed by atoms with Gasteiger partial charge in [-0.05, 0) is 39.3 Å². The number of hydrogen-bond donors (Lipinski definition) is 2. The maximum atomic E-state index is 11.7. The Balaban J connectivity index is 3.06. The molecular formula is C13H18N2O3S. The Morgan fingerprint density at radius 2 is 2.11 bits per heavy atom. The molecule has 0 aliphatic heterocycles. The van der Waals surface area contributed by atoms with Gasteiger partial charge in [-0.15, -0.1) is 0 Å². The molecule has 1 atom stereocenters. The number of hydrogen-bond acceptors (Lipinski definition) is 4. The minimum Gasteiger partial charge on any atom is -0.478 e. The van der Waals surface area contributed by atoms with Gasteiger partial charge >= 0.3 is 5.97 Å². The average molecular weight is 282 g/mol. The first-order valence-electron chi connectivity index (χ1n) is 6.02. The first-order chi connectivity index (χ1) is 8.86. The number of aromatic carboxylic acids is 1. The summed E-state index contributed by atoms with van der Waals surface area (Å²) in [7, 11) is 0.